The molecule has 0 fully saturated rings. The number of carbonyl (C=O) groups is 1. The van der Waals surface area contributed by atoms with Gasteiger partial charge in [-0.1, -0.05) is 6.07 Å². The molecule has 0 aliphatic carbocycles. The van der Waals surface area contributed by atoms with Crippen LogP contribution in [0.3, 0.4) is 0 Å². The summed E-state index contributed by atoms with van der Waals surface area (Å²) in [6, 6.07) is 12.4. The molecule has 2 heterocycles. The van der Waals surface area contributed by atoms with E-state index in [1.54, 1.807) is 26.0 Å². The van der Waals surface area contributed by atoms with Crippen molar-refractivity contribution in [1.29, 1.82) is 0 Å². The Morgan fingerprint density at radius 2 is 2.09 bits per heavy atom. The molecule has 7 nitrogen and oxygen atoms in total. The van der Waals surface area contributed by atoms with Crippen LogP contribution in [0.2, 0.25) is 0 Å². The van der Waals surface area contributed by atoms with E-state index in [2.05, 4.69) is 47.5 Å². The zero-order chi connectivity index (χ0) is 24.3. The van der Waals surface area contributed by atoms with Crippen molar-refractivity contribution in [3.8, 4) is 11.5 Å². The molecule has 2 aliphatic rings. The number of hydrogen-bond donors (Lipinski definition) is 1. The Balaban J connectivity index is 1.73. The summed E-state index contributed by atoms with van der Waals surface area (Å²) in [5.74, 6) is 2.39. The van der Waals surface area contributed by atoms with Gasteiger partial charge in [0, 0.05) is 24.8 Å². The monoisotopic (exact) mass is 480 g/mol. The van der Waals surface area contributed by atoms with Gasteiger partial charge >= 0.3 is 0 Å². The highest BCUT2D eigenvalue weighted by Crippen LogP contribution is 2.37. The fourth-order valence-electron chi connectivity index (χ4n) is 4.55. The number of methoxy groups -OCH3 is 2. The van der Waals surface area contributed by atoms with Crippen LogP contribution in [0, 0.1) is 0 Å². The molecule has 1 atom stereocenters. The van der Waals surface area contributed by atoms with Gasteiger partial charge in [0.15, 0.2) is 6.29 Å². The third kappa shape index (κ3) is 4.64. The van der Waals surface area contributed by atoms with Gasteiger partial charge < -0.3 is 19.2 Å². The van der Waals surface area contributed by atoms with E-state index in [1.807, 2.05) is 25.1 Å². The van der Waals surface area contributed by atoms with Gasteiger partial charge in [-0.25, -0.2) is 0 Å². The first-order chi connectivity index (χ1) is 16.4. The molecular weight excluding hydrogens is 448 g/mol. The van der Waals surface area contributed by atoms with Gasteiger partial charge in [-0.05, 0) is 69.0 Å². The first-order valence-corrected chi connectivity index (χ1v) is 12.4. The van der Waals surface area contributed by atoms with E-state index in [9.17, 15) is 4.79 Å². The Morgan fingerprint density at radius 3 is 2.76 bits per heavy atom. The molecule has 0 radical (unpaired) electrons. The van der Waals surface area contributed by atoms with Crippen molar-refractivity contribution in [2.24, 2.45) is 10.1 Å². The van der Waals surface area contributed by atoms with Crippen LogP contribution in [0.15, 0.2) is 46.5 Å². The highest BCUT2D eigenvalue weighted by Gasteiger charge is 2.35. The first kappa shape index (κ1) is 24.1. The lowest BCUT2D eigenvalue weighted by atomic mass is 9.93. The number of hydrazone groups is 1. The first-order valence-electron chi connectivity index (χ1n) is 11.6. The summed E-state index contributed by atoms with van der Waals surface area (Å²) in [5.41, 5.74) is 8.36. The number of carbonyl (C=O) groups excluding carboxylic acids is 1. The molecule has 2 aromatic carbocycles. The van der Waals surface area contributed by atoms with Gasteiger partial charge in [-0.15, -0.1) is 11.8 Å². The van der Waals surface area contributed by atoms with Crippen molar-refractivity contribution < 1.29 is 14.3 Å². The van der Waals surface area contributed by atoms with Gasteiger partial charge in [0.05, 0.1) is 30.2 Å². The Kier molecular flexibility index (Phi) is 7.16. The lowest BCUT2D eigenvalue weighted by molar-refractivity contribution is -0.107. The minimum Gasteiger partial charge on any atom is -0.497 e. The van der Waals surface area contributed by atoms with Crippen LogP contribution < -0.4 is 19.8 Å². The maximum atomic E-state index is 11.2. The Bertz CT molecular complexity index is 1130. The van der Waals surface area contributed by atoms with Crippen LogP contribution in [-0.2, 0) is 11.2 Å². The standard InChI is InChI=1S/C26H32N4O3S/c1-6-27-25(20-11-10-19(32-4)15-22(20)33-5)30-13-7-8-17-14-18(9-12-21(17)30)24-26(2,3)34-23(16-31)28-29-24/h9-12,14-16,23,28H,6-8,13H2,1-5H3. The molecule has 0 spiro atoms. The number of rotatable bonds is 6. The van der Waals surface area contributed by atoms with Crippen LogP contribution in [0.25, 0.3) is 0 Å². The average molecular weight is 481 g/mol. The van der Waals surface area contributed by atoms with Crippen LogP contribution >= 0.6 is 11.8 Å². The smallest absolute Gasteiger partial charge is 0.154 e. The highest BCUT2D eigenvalue weighted by molar-refractivity contribution is 8.02. The second kappa shape index (κ2) is 10.1. The van der Waals surface area contributed by atoms with E-state index in [-0.39, 0.29) is 10.1 Å². The molecule has 0 aromatic heterocycles. The van der Waals surface area contributed by atoms with Crippen molar-refractivity contribution in [2.75, 3.05) is 32.2 Å². The summed E-state index contributed by atoms with van der Waals surface area (Å²) in [4.78, 5) is 18.4. The topological polar surface area (TPSA) is 75.5 Å². The van der Waals surface area contributed by atoms with Gasteiger partial charge in [0.2, 0.25) is 0 Å². The Labute approximate surface area is 205 Å². The molecule has 0 bridgehead atoms. The normalized spacial score (nSPS) is 19.6. The Hall–Kier alpha value is -3.00. The van der Waals surface area contributed by atoms with Gasteiger partial charge in [-0.3, -0.25) is 10.4 Å². The predicted octanol–water partition coefficient (Wildman–Crippen LogP) is 4.27. The van der Waals surface area contributed by atoms with Crippen molar-refractivity contribution >= 4 is 35.3 Å². The fraction of sp³-hybridized carbons (Fsp3) is 0.423. The van der Waals surface area contributed by atoms with E-state index < -0.39 is 0 Å². The number of thioether (sulfide) groups is 1. The third-order valence-electron chi connectivity index (χ3n) is 6.10. The van der Waals surface area contributed by atoms with Crippen LogP contribution in [0.5, 0.6) is 11.5 Å². The predicted molar refractivity (Wildman–Crippen MR) is 140 cm³/mol. The molecule has 0 saturated carbocycles. The number of fused-ring (bicyclic) bond motifs is 1. The van der Waals surface area contributed by atoms with Crippen LogP contribution in [0.4, 0.5) is 5.69 Å². The zero-order valence-electron chi connectivity index (χ0n) is 20.4. The average Bonchev–Trinajstić information content (AvgIpc) is 2.85. The fourth-order valence-corrected chi connectivity index (χ4v) is 5.62. The molecule has 180 valence electrons. The summed E-state index contributed by atoms with van der Waals surface area (Å²) < 4.78 is 10.8. The number of aliphatic imine (C=N–C) groups is 1. The van der Waals surface area contributed by atoms with E-state index in [0.29, 0.717) is 6.54 Å². The number of aldehydes is 1. The van der Waals surface area contributed by atoms with Crippen LogP contribution in [-0.4, -0.2) is 55.3 Å². The maximum Gasteiger partial charge on any atom is 0.154 e. The summed E-state index contributed by atoms with van der Waals surface area (Å²) in [7, 11) is 3.32. The van der Waals surface area contributed by atoms with E-state index >= 15 is 0 Å². The summed E-state index contributed by atoms with van der Waals surface area (Å²) >= 11 is 1.58. The van der Waals surface area contributed by atoms with Gasteiger partial charge in [-0.2, -0.15) is 5.10 Å². The quantitative estimate of drug-likeness (QED) is 0.378. The number of hydrogen-bond acceptors (Lipinski definition) is 7. The molecule has 0 amide bonds. The number of ether oxygens (including phenoxy) is 2. The number of aryl methyl sites for hydroxylation is 1. The minimum atomic E-state index is -0.320. The molecule has 34 heavy (non-hydrogen) atoms. The molecule has 4 rings (SSSR count). The van der Waals surface area contributed by atoms with Crippen molar-refractivity contribution in [3.63, 3.8) is 0 Å². The number of amidine groups is 1. The molecular formula is C26H32N4O3S. The minimum absolute atomic E-state index is 0.273. The molecule has 8 heteroatoms. The number of nitrogens with zero attached hydrogens (tertiary/aromatic N) is 3. The number of nitrogens with one attached hydrogen (secondary N) is 1. The Morgan fingerprint density at radius 1 is 1.26 bits per heavy atom. The molecule has 0 saturated heterocycles. The largest absolute Gasteiger partial charge is 0.497 e. The summed E-state index contributed by atoms with van der Waals surface area (Å²) in [6.45, 7) is 7.82. The third-order valence-corrected chi connectivity index (χ3v) is 7.36. The number of anilines is 1. The summed E-state index contributed by atoms with van der Waals surface area (Å²) in [6.07, 6.45) is 2.91. The highest BCUT2D eigenvalue weighted by atomic mass is 32.2. The molecule has 1 N–H and O–H groups in total. The van der Waals surface area contributed by atoms with Gasteiger partial charge in [0.25, 0.3) is 0 Å². The zero-order valence-corrected chi connectivity index (χ0v) is 21.2. The van der Waals surface area contributed by atoms with E-state index in [0.717, 1.165) is 65.5 Å². The molecule has 1 unspecified atom stereocenters. The van der Waals surface area contributed by atoms with E-state index in [1.165, 1.54) is 5.56 Å². The lowest BCUT2D eigenvalue weighted by Crippen LogP contribution is -2.42. The number of benzene rings is 2. The second-order valence-electron chi connectivity index (χ2n) is 8.74. The van der Waals surface area contributed by atoms with Crippen molar-refractivity contribution in [2.45, 2.75) is 43.7 Å². The van der Waals surface area contributed by atoms with Crippen molar-refractivity contribution in [1.82, 2.24) is 5.43 Å². The molecule has 2 aromatic rings. The maximum absolute atomic E-state index is 11.2. The molecule has 2 aliphatic heterocycles. The second-order valence-corrected chi connectivity index (χ2v) is 10.5. The van der Waals surface area contributed by atoms with Crippen molar-refractivity contribution in [3.05, 3.63) is 53.1 Å². The van der Waals surface area contributed by atoms with E-state index in [4.69, 9.17) is 14.5 Å². The SMILES string of the molecule is CCN=C(c1ccc(OC)cc1OC)N1CCCc2cc(C3=NNC(C=O)SC3(C)C)ccc21. The summed E-state index contributed by atoms with van der Waals surface area (Å²) in [5, 5.41) is 4.25. The van der Waals surface area contributed by atoms with Crippen LogP contribution in [0.1, 0.15) is 43.9 Å². The van der Waals surface area contributed by atoms with Gasteiger partial charge in [0.1, 0.15) is 22.7 Å². The lowest BCUT2D eigenvalue weighted by Gasteiger charge is -2.35.